The molecule has 3 rings (SSSR count). The van der Waals surface area contributed by atoms with E-state index in [2.05, 4.69) is 6.07 Å². The number of nitriles is 1. The topological polar surface area (TPSA) is 76.1 Å². The standard InChI is InChI=1S/C9H10N2O2/c10-2-5-3-1-4-6(5)9(12)13-8(4)7(3)11/h3-8H,1,11H2. The van der Waals surface area contributed by atoms with Crippen LogP contribution >= 0.6 is 0 Å². The maximum atomic E-state index is 11.4. The van der Waals surface area contributed by atoms with Gasteiger partial charge in [0.25, 0.3) is 0 Å². The van der Waals surface area contributed by atoms with Crippen LogP contribution in [0.5, 0.6) is 0 Å². The fraction of sp³-hybridized carbons (Fsp3) is 0.778. The first-order valence-electron chi connectivity index (χ1n) is 4.59. The highest BCUT2D eigenvalue weighted by molar-refractivity contribution is 5.77. The van der Waals surface area contributed by atoms with Crippen LogP contribution in [0.1, 0.15) is 6.42 Å². The Bertz CT molecular complexity index is 322. The summed E-state index contributed by atoms with van der Waals surface area (Å²) < 4.78 is 5.17. The van der Waals surface area contributed by atoms with E-state index in [1.807, 2.05) is 0 Å². The smallest absolute Gasteiger partial charge is 0.311 e. The quantitative estimate of drug-likeness (QED) is 0.514. The summed E-state index contributed by atoms with van der Waals surface area (Å²) in [5.74, 6) is -0.128. The van der Waals surface area contributed by atoms with Crippen LogP contribution in [-0.4, -0.2) is 18.1 Å². The molecule has 0 aromatic carbocycles. The van der Waals surface area contributed by atoms with Gasteiger partial charge in [0.05, 0.1) is 17.9 Å². The summed E-state index contributed by atoms with van der Waals surface area (Å²) >= 11 is 0. The van der Waals surface area contributed by atoms with Gasteiger partial charge in [0, 0.05) is 12.0 Å². The zero-order valence-corrected chi connectivity index (χ0v) is 7.01. The average Bonchev–Trinajstić information content (AvgIpc) is 2.68. The van der Waals surface area contributed by atoms with E-state index in [0.717, 1.165) is 6.42 Å². The molecule has 6 atom stereocenters. The van der Waals surface area contributed by atoms with Crippen molar-refractivity contribution < 1.29 is 9.53 Å². The van der Waals surface area contributed by atoms with E-state index in [4.69, 9.17) is 15.7 Å². The molecule has 4 nitrogen and oxygen atoms in total. The Morgan fingerprint density at radius 1 is 1.54 bits per heavy atom. The molecule has 3 aliphatic rings. The van der Waals surface area contributed by atoms with Gasteiger partial charge >= 0.3 is 5.97 Å². The van der Waals surface area contributed by atoms with Crippen LogP contribution in [-0.2, 0) is 9.53 Å². The molecule has 2 bridgehead atoms. The third-order valence-electron chi connectivity index (χ3n) is 3.82. The molecule has 1 aliphatic heterocycles. The monoisotopic (exact) mass is 178 g/mol. The van der Waals surface area contributed by atoms with E-state index in [0.29, 0.717) is 0 Å². The zero-order chi connectivity index (χ0) is 9.16. The van der Waals surface area contributed by atoms with E-state index in [1.54, 1.807) is 0 Å². The molecule has 0 amide bonds. The lowest BCUT2D eigenvalue weighted by molar-refractivity contribution is -0.144. The SMILES string of the molecule is N#CC1C2CC3C(OC(=O)C13)C2N. The van der Waals surface area contributed by atoms with Crippen LogP contribution in [0.3, 0.4) is 0 Å². The molecule has 0 spiro atoms. The second-order valence-electron chi connectivity index (χ2n) is 4.22. The van der Waals surface area contributed by atoms with Crippen molar-refractivity contribution in [3.8, 4) is 6.07 Å². The maximum absolute atomic E-state index is 11.4. The van der Waals surface area contributed by atoms with Gasteiger partial charge in [-0.25, -0.2) is 0 Å². The summed E-state index contributed by atoms with van der Waals surface area (Å²) in [6, 6.07) is 2.10. The summed E-state index contributed by atoms with van der Waals surface area (Å²) in [5, 5.41) is 8.93. The normalized spacial score (nSPS) is 56.5. The van der Waals surface area contributed by atoms with E-state index in [-0.39, 0.29) is 41.8 Å². The number of ether oxygens (including phenoxy) is 1. The molecule has 2 N–H and O–H groups in total. The predicted octanol–water partition coefficient (Wildman–Crippen LogP) is -0.355. The molecule has 1 saturated heterocycles. The van der Waals surface area contributed by atoms with E-state index < -0.39 is 0 Å². The second kappa shape index (κ2) is 2.05. The summed E-state index contributed by atoms with van der Waals surface area (Å²) in [6.45, 7) is 0. The minimum atomic E-state index is -0.197. The Balaban J connectivity index is 2.07. The number of nitrogens with two attached hydrogens (primary N) is 1. The van der Waals surface area contributed by atoms with Crippen LogP contribution in [0.25, 0.3) is 0 Å². The molecule has 0 aromatic heterocycles. The molecule has 3 fully saturated rings. The Morgan fingerprint density at radius 3 is 3.00 bits per heavy atom. The lowest BCUT2D eigenvalue weighted by Gasteiger charge is -2.24. The number of rotatable bonds is 0. The first kappa shape index (κ1) is 7.34. The van der Waals surface area contributed by atoms with Gasteiger partial charge in [-0.05, 0) is 12.3 Å². The molecule has 0 radical (unpaired) electrons. The van der Waals surface area contributed by atoms with Crippen LogP contribution in [0.15, 0.2) is 0 Å². The van der Waals surface area contributed by atoms with Crippen LogP contribution < -0.4 is 5.73 Å². The first-order chi connectivity index (χ1) is 6.24. The number of carbonyl (C=O) groups excluding carboxylic acids is 1. The van der Waals surface area contributed by atoms with Crippen molar-refractivity contribution in [2.24, 2.45) is 29.4 Å². The summed E-state index contributed by atoms with van der Waals surface area (Å²) in [5.41, 5.74) is 5.90. The Kier molecular flexibility index (Phi) is 1.15. The van der Waals surface area contributed by atoms with E-state index in [9.17, 15) is 4.79 Å². The van der Waals surface area contributed by atoms with Crippen molar-refractivity contribution in [3.05, 3.63) is 0 Å². The third-order valence-corrected chi connectivity index (χ3v) is 3.82. The number of hydrogen-bond acceptors (Lipinski definition) is 4. The average molecular weight is 178 g/mol. The molecule has 2 aliphatic carbocycles. The largest absolute Gasteiger partial charge is 0.460 e. The van der Waals surface area contributed by atoms with Crippen molar-refractivity contribution in [3.63, 3.8) is 0 Å². The zero-order valence-electron chi connectivity index (χ0n) is 7.01. The molecule has 6 unspecified atom stereocenters. The van der Waals surface area contributed by atoms with Gasteiger partial charge in [-0.3, -0.25) is 4.79 Å². The Labute approximate surface area is 75.6 Å². The minimum Gasteiger partial charge on any atom is -0.460 e. The lowest BCUT2D eigenvalue weighted by Crippen LogP contribution is -2.42. The number of nitrogens with zero attached hydrogens (tertiary/aromatic N) is 1. The third kappa shape index (κ3) is 0.637. The predicted molar refractivity (Wildman–Crippen MR) is 42.0 cm³/mol. The van der Waals surface area contributed by atoms with Crippen molar-refractivity contribution >= 4 is 5.97 Å². The first-order valence-corrected chi connectivity index (χ1v) is 4.59. The maximum Gasteiger partial charge on any atom is 0.311 e. The van der Waals surface area contributed by atoms with Gasteiger partial charge in [0.15, 0.2) is 0 Å². The van der Waals surface area contributed by atoms with Crippen LogP contribution in [0.4, 0.5) is 0 Å². The number of carbonyl (C=O) groups is 1. The Hall–Kier alpha value is -1.08. The van der Waals surface area contributed by atoms with Crippen molar-refractivity contribution in [1.82, 2.24) is 0 Å². The fourth-order valence-corrected chi connectivity index (χ4v) is 3.28. The molecular formula is C9H10N2O2. The summed E-state index contributed by atoms with van der Waals surface area (Å²) in [4.78, 5) is 11.4. The summed E-state index contributed by atoms with van der Waals surface area (Å²) in [7, 11) is 0. The number of esters is 1. The highest BCUT2D eigenvalue weighted by atomic mass is 16.6. The number of fused-ring (bicyclic) bond motifs is 1. The van der Waals surface area contributed by atoms with Gasteiger partial charge in [-0.15, -0.1) is 0 Å². The molecular weight excluding hydrogens is 168 g/mol. The van der Waals surface area contributed by atoms with Gasteiger partial charge in [-0.1, -0.05) is 0 Å². The fourth-order valence-electron chi connectivity index (χ4n) is 3.28. The van der Waals surface area contributed by atoms with Crippen molar-refractivity contribution in [1.29, 1.82) is 5.26 Å². The molecule has 1 heterocycles. The lowest BCUT2D eigenvalue weighted by atomic mass is 9.79. The molecule has 68 valence electrons. The number of hydrogen-bond donors (Lipinski definition) is 1. The minimum absolute atomic E-state index is 0.0906. The highest BCUT2D eigenvalue weighted by Gasteiger charge is 2.65. The van der Waals surface area contributed by atoms with Crippen LogP contribution in [0.2, 0.25) is 0 Å². The van der Waals surface area contributed by atoms with Gasteiger partial charge in [-0.2, -0.15) is 5.26 Å². The highest BCUT2D eigenvalue weighted by Crippen LogP contribution is 2.56. The van der Waals surface area contributed by atoms with Gasteiger partial charge in [0.1, 0.15) is 6.10 Å². The van der Waals surface area contributed by atoms with E-state index in [1.165, 1.54) is 0 Å². The molecule has 2 saturated carbocycles. The van der Waals surface area contributed by atoms with Gasteiger partial charge < -0.3 is 10.5 Å². The molecule has 0 aromatic rings. The second-order valence-corrected chi connectivity index (χ2v) is 4.22. The Morgan fingerprint density at radius 2 is 2.31 bits per heavy atom. The molecule has 13 heavy (non-hydrogen) atoms. The van der Waals surface area contributed by atoms with Crippen molar-refractivity contribution in [2.75, 3.05) is 0 Å². The van der Waals surface area contributed by atoms with Crippen molar-refractivity contribution in [2.45, 2.75) is 18.6 Å². The van der Waals surface area contributed by atoms with Gasteiger partial charge in [0.2, 0.25) is 0 Å². The van der Waals surface area contributed by atoms with Crippen LogP contribution in [0, 0.1) is 35.0 Å². The summed E-state index contributed by atoms with van der Waals surface area (Å²) in [6.07, 6.45) is 0.813. The van der Waals surface area contributed by atoms with E-state index >= 15 is 0 Å². The molecule has 4 heteroatoms.